The van der Waals surface area contributed by atoms with Crippen LogP contribution in [0, 0.1) is 11.7 Å². The zero-order chi connectivity index (χ0) is 36.9. The summed E-state index contributed by atoms with van der Waals surface area (Å²) in [6.45, 7) is 7.32. The van der Waals surface area contributed by atoms with Crippen molar-refractivity contribution in [3.8, 4) is 11.5 Å². The normalized spacial score (nSPS) is 19.1. The van der Waals surface area contributed by atoms with Crippen LogP contribution in [-0.4, -0.2) is 94.2 Å². The van der Waals surface area contributed by atoms with Crippen molar-refractivity contribution in [1.29, 1.82) is 0 Å². The van der Waals surface area contributed by atoms with Gasteiger partial charge in [0, 0.05) is 44.1 Å². The zero-order valence-electron chi connectivity index (χ0n) is 29.5. The van der Waals surface area contributed by atoms with E-state index in [2.05, 4.69) is 20.9 Å². The first kappa shape index (κ1) is 38.1. The Morgan fingerprint density at radius 2 is 1.65 bits per heavy atom. The van der Waals surface area contributed by atoms with Crippen LogP contribution < -0.4 is 25.4 Å². The van der Waals surface area contributed by atoms with Crippen LogP contribution in [0.3, 0.4) is 0 Å². The molecule has 11 nitrogen and oxygen atoms in total. The van der Waals surface area contributed by atoms with Crippen molar-refractivity contribution in [1.82, 2.24) is 20.4 Å². The number of carbonyl (C=O) groups is 4. The molecule has 4 amide bonds. The average Bonchev–Trinajstić information content (AvgIpc) is 3.62. The van der Waals surface area contributed by atoms with Crippen LogP contribution >= 0.6 is 0 Å². The summed E-state index contributed by atoms with van der Waals surface area (Å²) in [5.41, 5.74) is -0.399. The van der Waals surface area contributed by atoms with E-state index in [-0.39, 0.29) is 51.7 Å². The summed E-state index contributed by atoms with van der Waals surface area (Å²) >= 11 is 0. The van der Waals surface area contributed by atoms with Crippen molar-refractivity contribution in [3.63, 3.8) is 0 Å². The lowest BCUT2D eigenvalue weighted by Crippen LogP contribution is -2.66. The Balaban J connectivity index is 1.38. The standard InChI is InChI=1S/C36H46F3N5O6Si/c1-5-30(45)41-31(32(46)44-17-15-43(3)16-18-44)22(2)23-11-13-27(26(37)19-23)40-34(48)36(51-4,24-9-7-6-8-10-24)42-33(47)35(38,39)25-12-14-28-29(20-25)50-21-49-28/h11-14,19-20,22,24,31H,5-10,15-18,21H2,1-4H3,(H,40,48)(H,41,45)(H,42,47)/t22-,31+,36-/m0/s1. The Labute approximate surface area is 298 Å². The van der Waals surface area contributed by atoms with E-state index in [0.717, 1.165) is 31.4 Å². The molecule has 276 valence electrons. The van der Waals surface area contributed by atoms with Crippen molar-refractivity contribution < 1.29 is 41.8 Å². The quantitative estimate of drug-likeness (QED) is 0.280. The first-order chi connectivity index (χ1) is 24.3. The Bertz CT molecular complexity index is 1620. The Hall–Kier alpha value is -4.11. The van der Waals surface area contributed by atoms with Crippen LogP contribution in [0.4, 0.5) is 18.9 Å². The minimum atomic E-state index is -4.02. The molecule has 2 aromatic rings. The molecule has 1 aliphatic carbocycles. The topological polar surface area (TPSA) is 129 Å². The minimum Gasteiger partial charge on any atom is -0.454 e. The molecule has 1 saturated carbocycles. The molecular formula is C36H46F3N5O6Si. The highest BCUT2D eigenvalue weighted by atomic mass is 28.2. The van der Waals surface area contributed by atoms with E-state index in [0.29, 0.717) is 44.6 Å². The molecular weight excluding hydrogens is 684 g/mol. The van der Waals surface area contributed by atoms with E-state index in [1.807, 2.05) is 7.05 Å². The number of nitrogens with zero attached hydrogens (tertiary/aromatic N) is 2. The number of benzene rings is 2. The van der Waals surface area contributed by atoms with Crippen LogP contribution in [0.1, 0.15) is 69.4 Å². The fraction of sp³-hybridized carbons (Fsp3) is 0.556. The van der Waals surface area contributed by atoms with Gasteiger partial charge < -0.3 is 35.2 Å². The van der Waals surface area contributed by atoms with E-state index < -0.39 is 52.2 Å². The predicted octanol–water partition coefficient (Wildman–Crippen LogP) is 4.20. The molecule has 0 aromatic heterocycles. The Morgan fingerprint density at radius 1 is 0.961 bits per heavy atom. The minimum absolute atomic E-state index is 0.0876. The molecule has 1 saturated heterocycles. The zero-order valence-corrected chi connectivity index (χ0v) is 30.5. The number of fused-ring (bicyclic) bond motifs is 1. The highest BCUT2D eigenvalue weighted by Gasteiger charge is 2.51. The highest BCUT2D eigenvalue weighted by Crippen LogP contribution is 2.40. The van der Waals surface area contributed by atoms with Crippen LogP contribution in [0.2, 0.25) is 6.55 Å². The third-order valence-corrected chi connectivity index (χ3v) is 11.8. The van der Waals surface area contributed by atoms with E-state index in [1.54, 1.807) is 31.4 Å². The van der Waals surface area contributed by atoms with Gasteiger partial charge in [-0.25, -0.2) is 4.39 Å². The summed E-state index contributed by atoms with van der Waals surface area (Å²) in [5.74, 6) is -8.55. The largest absolute Gasteiger partial charge is 0.454 e. The fourth-order valence-corrected chi connectivity index (χ4v) is 8.19. The summed E-state index contributed by atoms with van der Waals surface area (Å²) in [5, 5.41) is 6.11. The Morgan fingerprint density at radius 3 is 2.29 bits per heavy atom. The second-order valence-electron chi connectivity index (χ2n) is 13.5. The molecule has 0 unspecified atom stereocenters. The number of anilines is 1. The van der Waals surface area contributed by atoms with Crippen LogP contribution in [0.25, 0.3) is 0 Å². The molecule has 3 N–H and O–H groups in total. The van der Waals surface area contributed by atoms with Gasteiger partial charge in [0.25, 0.3) is 5.91 Å². The van der Waals surface area contributed by atoms with Crippen molar-refractivity contribution in [2.45, 2.75) is 82.0 Å². The molecule has 2 heterocycles. The maximum absolute atomic E-state index is 15.8. The number of hydrogen-bond donors (Lipinski definition) is 3. The maximum Gasteiger partial charge on any atom is 0.349 e. The number of nitrogens with one attached hydrogen (secondary N) is 3. The molecule has 3 aliphatic rings. The first-order valence-electron chi connectivity index (χ1n) is 17.5. The van der Waals surface area contributed by atoms with Gasteiger partial charge in [-0.05, 0) is 61.7 Å². The molecule has 15 heteroatoms. The summed E-state index contributed by atoms with van der Waals surface area (Å²) in [6, 6.07) is 6.61. The van der Waals surface area contributed by atoms with Crippen molar-refractivity contribution in [2.24, 2.45) is 5.92 Å². The van der Waals surface area contributed by atoms with Gasteiger partial charge in [0.15, 0.2) is 11.5 Å². The lowest BCUT2D eigenvalue weighted by atomic mass is 9.82. The fourth-order valence-electron chi connectivity index (χ4n) is 6.97. The average molecular weight is 730 g/mol. The lowest BCUT2D eigenvalue weighted by molar-refractivity contribution is -0.150. The summed E-state index contributed by atoms with van der Waals surface area (Å²) in [6.07, 6.45) is 3.63. The van der Waals surface area contributed by atoms with E-state index in [1.165, 1.54) is 18.2 Å². The first-order valence-corrected chi connectivity index (χ1v) is 19.0. The van der Waals surface area contributed by atoms with Gasteiger partial charge in [-0.3, -0.25) is 19.2 Å². The molecule has 0 spiro atoms. The smallest absolute Gasteiger partial charge is 0.349 e. The number of ether oxygens (including phenoxy) is 2. The Kier molecular flexibility index (Phi) is 12.0. The van der Waals surface area contributed by atoms with E-state index >= 15 is 13.2 Å². The lowest BCUT2D eigenvalue weighted by Gasteiger charge is -2.42. The second-order valence-corrected chi connectivity index (χ2v) is 14.8. The molecule has 2 fully saturated rings. The number of likely N-dealkylation sites (N-methyl/N-ethyl adjacent to an activating group) is 1. The van der Waals surface area contributed by atoms with Crippen molar-refractivity contribution >= 4 is 38.8 Å². The number of amides is 4. The molecule has 3 atom stereocenters. The number of piperazine rings is 1. The monoisotopic (exact) mass is 729 g/mol. The van der Waals surface area contributed by atoms with Gasteiger partial charge in [0.05, 0.1) is 15.2 Å². The number of carbonyl (C=O) groups excluding carboxylic acids is 4. The van der Waals surface area contributed by atoms with Gasteiger partial charge in [-0.1, -0.05) is 45.7 Å². The number of alkyl halides is 2. The molecule has 2 radical (unpaired) electrons. The summed E-state index contributed by atoms with van der Waals surface area (Å²) in [7, 11) is 1.64. The van der Waals surface area contributed by atoms with Gasteiger partial charge in [-0.15, -0.1) is 0 Å². The number of halogens is 3. The van der Waals surface area contributed by atoms with E-state index in [4.69, 9.17) is 9.47 Å². The van der Waals surface area contributed by atoms with E-state index in [9.17, 15) is 19.2 Å². The predicted molar refractivity (Wildman–Crippen MR) is 185 cm³/mol. The number of rotatable bonds is 12. The van der Waals surface area contributed by atoms with Crippen molar-refractivity contribution in [3.05, 3.63) is 53.3 Å². The summed E-state index contributed by atoms with van der Waals surface area (Å²) < 4.78 is 57.7. The van der Waals surface area contributed by atoms with Crippen LogP contribution in [0.5, 0.6) is 11.5 Å². The van der Waals surface area contributed by atoms with Gasteiger partial charge in [-0.2, -0.15) is 8.78 Å². The SMILES string of the molecule is CCC(=O)N[C@@H](C(=O)N1CCN(C)CC1)[C@@H](C)c1ccc(NC(=O)[C@@](NC(=O)C(F)(F)c2ccc3c(c2)OCO3)([Si]C)C2CCCCC2)c(F)c1. The van der Waals surface area contributed by atoms with Gasteiger partial charge in [0.2, 0.25) is 24.5 Å². The van der Waals surface area contributed by atoms with Crippen LogP contribution in [-0.2, 0) is 25.1 Å². The second kappa shape index (κ2) is 16.1. The third kappa shape index (κ3) is 8.19. The molecule has 0 bridgehead atoms. The van der Waals surface area contributed by atoms with Gasteiger partial charge in [0.1, 0.15) is 17.0 Å². The van der Waals surface area contributed by atoms with Gasteiger partial charge >= 0.3 is 5.92 Å². The van der Waals surface area contributed by atoms with Crippen molar-refractivity contribution in [2.75, 3.05) is 45.3 Å². The van der Waals surface area contributed by atoms with Crippen LogP contribution in [0.15, 0.2) is 36.4 Å². The highest BCUT2D eigenvalue weighted by molar-refractivity contribution is 6.48. The molecule has 51 heavy (non-hydrogen) atoms. The summed E-state index contributed by atoms with van der Waals surface area (Å²) in [4.78, 5) is 57.5. The molecule has 2 aromatic carbocycles. The third-order valence-electron chi connectivity index (χ3n) is 10.3. The number of hydrogen-bond acceptors (Lipinski definition) is 7. The molecule has 2 aliphatic heterocycles. The maximum atomic E-state index is 15.8. The molecule has 5 rings (SSSR count).